The Balaban J connectivity index is 1.58. The summed E-state index contributed by atoms with van der Waals surface area (Å²) in [4.78, 5) is 8.66. The molecule has 1 aromatic carbocycles. The van der Waals surface area contributed by atoms with E-state index in [-0.39, 0.29) is 6.61 Å². The average molecular weight is 302 g/mol. The molecule has 0 aliphatic heterocycles. The number of thiazole rings is 1. The molecule has 0 bridgehead atoms. The van der Waals surface area contributed by atoms with E-state index in [1.807, 2.05) is 12.3 Å². The third-order valence-corrected chi connectivity index (χ3v) is 3.58. The number of hydrogen-bond donors (Lipinski definition) is 1. The lowest BCUT2D eigenvalue weighted by Crippen LogP contribution is -1.97. The maximum atomic E-state index is 5.61. The monoisotopic (exact) mass is 302 g/mol. The third-order valence-electron chi connectivity index (χ3n) is 2.76. The zero-order valence-corrected chi connectivity index (χ0v) is 12.3. The molecule has 0 fully saturated rings. The van der Waals surface area contributed by atoms with Gasteiger partial charge in [-0.15, -0.1) is 11.3 Å². The van der Waals surface area contributed by atoms with Gasteiger partial charge >= 0.3 is 0 Å². The van der Waals surface area contributed by atoms with Crippen molar-refractivity contribution in [2.24, 2.45) is 0 Å². The summed E-state index contributed by atoms with van der Waals surface area (Å²) in [6.07, 6.45) is 0.565. The Morgan fingerprint density at radius 1 is 1.24 bits per heavy atom. The lowest BCUT2D eigenvalue weighted by Gasteiger charge is -2.02. The Hall–Kier alpha value is -2.41. The highest BCUT2D eigenvalue weighted by atomic mass is 32.1. The number of hydrogen-bond acceptors (Lipinski definition) is 7. The Bertz CT molecular complexity index is 721. The summed E-state index contributed by atoms with van der Waals surface area (Å²) in [5, 5.41) is 6.95. The van der Waals surface area contributed by atoms with Crippen LogP contribution in [0.2, 0.25) is 0 Å². The Labute approximate surface area is 125 Å². The van der Waals surface area contributed by atoms with Crippen LogP contribution < -0.4 is 10.5 Å². The van der Waals surface area contributed by atoms with Gasteiger partial charge in [0, 0.05) is 11.1 Å². The largest absolute Gasteiger partial charge is 0.484 e. The number of aryl methyl sites for hydroxylation is 1. The van der Waals surface area contributed by atoms with Gasteiger partial charge in [0.25, 0.3) is 5.89 Å². The van der Waals surface area contributed by atoms with Crippen molar-refractivity contribution in [1.29, 1.82) is 0 Å². The fourth-order valence-electron chi connectivity index (χ4n) is 1.78. The van der Waals surface area contributed by atoms with Crippen molar-refractivity contribution in [3.05, 3.63) is 52.1 Å². The van der Waals surface area contributed by atoms with E-state index in [2.05, 4.69) is 15.1 Å². The van der Waals surface area contributed by atoms with Gasteiger partial charge in [0.2, 0.25) is 0 Å². The number of nitrogens with zero attached hydrogens (tertiary/aromatic N) is 3. The predicted molar refractivity (Wildman–Crippen MR) is 79.1 cm³/mol. The first-order valence-electron chi connectivity index (χ1n) is 6.40. The van der Waals surface area contributed by atoms with Crippen LogP contribution in [0.25, 0.3) is 0 Å². The van der Waals surface area contributed by atoms with E-state index in [1.165, 1.54) is 0 Å². The third kappa shape index (κ3) is 3.57. The minimum Gasteiger partial charge on any atom is -0.484 e. The number of nitrogens with two attached hydrogens (primary N) is 1. The van der Waals surface area contributed by atoms with E-state index in [0.29, 0.717) is 29.6 Å². The number of anilines is 1. The van der Waals surface area contributed by atoms with E-state index < -0.39 is 0 Å². The van der Waals surface area contributed by atoms with Gasteiger partial charge in [-0.3, -0.25) is 0 Å². The van der Waals surface area contributed by atoms with E-state index in [9.17, 15) is 0 Å². The van der Waals surface area contributed by atoms with Crippen LogP contribution in [0.4, 0.5) is 5.69 Å². The Morgan fingerprint density at radius 3 is 2.76 bits per heavy atom. The standard InChI is InChI=1S/C14H14N4O2S/c1-9-16-11(8-21-9)6-13-17-14(20-18-13)7-19-12-4-2-10(15)3-5-12/h2-5,8H,6-7,15H2,1H3. The number of aromatic nitrogens is 3. The highest BCUT2D eigenvalue weighted by Gasteiger charge is 2.09. The van der Waals surface area contributed by atoms with Crippen LogP contribution >= 0.6 is 11.3 Å². The molecular weight excluding hydrogens is 288 g/mol. The van der Waals surface area contributed by atoms with Gasteiger partial charge in [-0.25, -0.2) is 4.98 Å². The molecule has 3 aromatic rings. The van der Waals surface area contributed by atoms with Crippen LogP contribution in [0.3, 0.4) is 0 Å². The molecule has 6 nitrogen and oxygen atoms in total. The van der Waals surface area contributed by atoms with Crippen LogP contribution in [-0.2, 0) is 13.0 Å². The minimum atomic E-state index is 0.229. The summed E-state index contributed by atoms with van der Waals surface area (Å²) < 4.78 is 10.7. The molecule has 3 rings (SSSR count). The zero-order valence-electron chi connectivity index (χ0n) is 11.4. The molecule has 0 aliphatic rings. The van der Waals surface area contributed by atoms with Gasteiger partial charge in [0.15, 0.2) is 12.4 Å². The molecule has 0 radical (unpaired) electrons. The summed E-state index contributed by atoms with van der Waals surface area (Å²) >= 11 is 1.61. The smallest absolute Gasteiger partial charge is 0.264 e. The summed E-state index contributed by atoms with van der Waals surface area (Å²) in [5.41, 5.74) is 7.25. The molecule has 0 saturated carbocycles. The Morgan fingerprint density at radius 2 is 2.05 bits per heavy atom. The first-order chi connectivity index (χ1) is 10.2. The van der Waals surface area contributed by atoms with Gasteiger partial charge in [-0.05, 0) is 31.2 Å². The molecular formula is C14H14N4O2S. The van der Waals surface area contributed by atoms with E-state index in [4.69, 9.17) is 15.0 Å². The van der Waals surface area contributed by atoms with Crippen molar-refractivity contribution in [2.45, 2.75) is 20.0 Å². The van der Waals surface area contributed by atoms with Crippen LogP contribution in [0.5, 0.6) is 5.75 Å². The van der Waals surface area contributed by atoms with Crippen molar-refractivity contribution in [2.75, 3.05) is 5.73 Å². The minimum absolute atomic E-state index is 0.229. The average Bonchev–Trinajstić information content (AvgIpc) is 3.08. The molecule has 0 spiro atoms. The van der Waals surface area contributed by atoms with Crippen molar-refractivity contribution in [1.82, 2.24) is 15.1 Å². The molecule has 21 heavy (non-hydrogen) atoms. The maximum Gasteiger partial charge on any atom is 0.264 e. The van der Waals surface area contributed by atoms with Gasteiger partial charge in [-0.1, -0.05) is 5.16 Å². The van der Waals surface area contributed by atoms with Gasteiger partial charge in [0.1, 0.15) is 5.75 Å². The quantitative estimate of drug-likeness (QED) is 0.729. The number of nitrogen functional groups attached to an aromatic ring is 1. The van der Waals surface area contributed by atoms with Crippen LogP contribution in [0, 0.1) is 6.92 Å². The van der Waals surface area contributed by atoms with Gasteiger partial charge in [0.05, 0.1) is 17.1 Å². The molecule has 0 unspecified atom stereocenters. The number of ether oxygens (including phenoxy) is 1. The first kappa shape index (κ1) is 13.6. The SMILES string of the molecule is Cc1nc(Cc2noc(COc3ccc(N)cc3)n2)cs1. The topological polar surface area (TPSA) is 87.1 Å². The summed E-state index contributed by atoms with van der Waals surface area (Å²) in [6.45, 7) is 2.20. The molecule has 108 valence electrons. The normalized spacial score (nSPS) is 10.7. The molecule has 0 atom stereocenters. The van der Waals surface area contributed by atoms with Crippen LogP contribution in [-0.4, -0.2) is 15.1 Å². The second-order valence-corrected chi connectivity index (χ2v) is 5.56. The molecule has 2 heterocycles. The molecule has 2 aromatic heterocycles. The summed E-state index contributed by atoms with van der Waals surface area (Å²) in [7, 11) is 0. The zero-order chi connectivity index (χ0) is 14.7. The van der Waals surface area contributed by atoms with Gasteiger partial charge < -0.3 is 15.0 Å². The second-order valence-electron chi connectivity index (χ2n) is 4.50. The van der Waals surface area contributed by atoms with Crippen LogP contribution in [0.1, 0.15) is 22.4 Å². The predicted octanol–water partition coefficient (Wildman–Crippen LogP) is 2.59. The van der Waals surface area contributed by atoms with E-state index in [1.54, 1.807) is 35.6 Å². The number of benzene rings is 1. The van der Waals surface area contributed by atoms with Crippen molar-refractivity contribution < 1.29 is 9.26 Å². The van der Waals surface area contributed by atoms with Crippen molar-refractivity contribution >= 4 is 17.0 Å². The summed E-state index contributed by atoms with van der Waals surface area (Å²) in [6, 6.07) is 7.15. The first-order valence-corrected chi connectivity index (χ1v) is 7.28. The fraction of sp³-hybridized carbons (Fsp3) is 0.214. The molecule has 2 N–H and O–H groups in total. The van der Waals surface area contributed by atoms with Gasteiger partial charge in [-0.2, -0.15) is 4.98 Å². The van der Waals surface area contributed by atoms with Crippen LogP contribution in [0.15, 0.2) is 34.2 Å². The fourth-order valence-corrected chi connectivity index (χ4v) is 2.39. The Kier molecular flexibility index (Phi) is 3.83. The molecule has 0 aliphatic carbocycles. The lowest BCUT2D eigenvalue weighted by molar-refractivity contribution is 0.242. The maximum absolute atomic E-state index is 5.61. The highest BCUT2D eigenvalue weighted by Crippen LogP contribution is 2.15. The molecule has 0 amide bonds. The second kappa shape index (κ2) is 5.92. The van der Waals surface area contributed by atoms with E-state index in [0.717, 1.165) is 10.7 Å². The summed E-state index contributed by atoms with van der Waals surface area (Å²) in [5.74, 6) is 1.75. The van der Waals surface area contributed by atoms with E-state index >= 15 is 0 Å². The van der Waals surface area contributed by atoms with Crippen molar-refractivity contribution in [3.63, 3.8) is 0 Å². The number of rotatable bonds is 5. The van der Waals surface area contributed by atoms with Crippen molar-refractivity contribution in [3.8, 4) is 5.75 Å². The highest BCUT2D eigenvalue weighted by molar-refractivity contribution is 7.09. The lowest BCUT2D eigenvalue weighted by atomic mass is 10.3. The molecule has 7 heteroatoms. The molecule has 0 saturated heterocycles.